The van der Waals surface area contributed by atoms with Gasteiger partial charge in [-0.25, -0.2) is 9.18 Å². The van der Waals surface area contributed by atoms with Gasteiger partial charge in [-0.1, -0.05) is 0 Å². The molecular weight excluding hydrogens is 340 g/mol. The molecule has 1 aromatic heterocycles. The highest BCUT2D eigenvalue weighted by Gasteiger charge is 2.25. The van der Waals surface area contributed by atoms with Crippen LogP contribution in [0, 0.1) is 11.6 Å². The normalized spacial score (nSPS) is 10.6. The molecule has 0 aliphatic carbocycles. The number of H-pyrrole nitrogens is 1. The molecule has 0 aliphatic heterocycles. The van der Waals surface area contributed by atoms with E-state index in [1.165, 1.54) is 0 Å². The molecule has 9 heteroatoms. The fourth-order valence-corrected chi connectivity index (χ4v) is 1.92. The number of nitrogens with zero attached hydrogens (tertiary/aromatic N) is 2. The molecular formula is C11H8BrF2N3O3. The number of hydrogen-bond acceptors (Lipinski definition) is 5. The van der Waals surface area contributed by atoms with Crippen molar-refractivity contribution in [1.29, 1.82) is 0 Å². The number of aromatic hydroxyl groups is 1. The largest absolute Gasteiger partial charge is 0.504 e. The maximum Gasteiger partial charge on any atom is 0.361 e. The number of phenolic OH excluding ortho intramolecular Hbond substituents is 1. The topological polar surface area (TPSA) is 88.1 Å². The predicted octanol–water partition coefficient (Wildman–Crippen LogP) is 2.39. The number of phenols is 1. The van der Waals surface area contributed by atoms with E-state index < -0.39 is 23.4 Å². The Bertz CT molecular complexity index is 675. The third-order valence-electron chi connectivity index (χ3n) is 2.41. The molecule has 2 N–H and O–H groups in total. The summed E-state index contributed by atoms with van der Waals surface area (Å²) in [6.07, 6.45) is 0. The Balaban J connectivity index is 2.59. The summed E-state index contributed by atoms with van der Waals surface area (Å²) in [5, 5.41) is 18.6. The Morgan fingerprint density at radius 1 is 1.45 bits per heavy atom. The molecule has 0 amide bonds. The van der Waals surface area contributed by atoms with Gasteiger partial charge in [0.15, 0.2) is 17.3 Å². The second-order valence-electron chi connectivity index (χ2n) is 3.62. The highest BCUT2D eigenvalue weighted by atomic mass is 79.9. The summed E-state index contributed by atoms with van der Waals surface area (Å²) < 4.78 is 32.0. The Hall–Kier alpha value is -2.03. The van der Waals surface area contributed by atoms with Crippen LogP contribution >= 0.6 is 15.9 Å². The van der Waals surface area contributed by atoms with Gasteiger partial charge in [-0.2, -0.15) is 14.7 Å². The third kappa shape index (κ3) is 2.36. The molecule has 0 saturated carbocycles. The third-order valence-corrected chi connectivity index (χ3v) is 3.01. The number of esters is 1. The van der Waals surface area contributed by atoms with Crippen LogP contribution in [0.1, 0.15) is 17.4 Å². The molecule has 1 aromatic carbocycles. The lowest BCUT2D eigenvalue weighted by molar-refractivity contribution is 0.0520. The zero-order chi connectivity index (χ0) is 14.9. The number of carbonyl (C=O) groups excluding carboxylic acids is 1. The van der Waals surface area contributed by atoms with Crippen molar-refractivity contribution in [2.75, 3.05) is 6.61 Å². The van der Waals surface area contributed by atoms with Gasteiger partial charge in [0.05, 0.1) is 11.1 Å². The molecule has 0 bridgehead atoms. The summed E-state index contributed by atoms with van der Waals surface area (Å²) >= 11 is 2.88. The minimum atomic E-state index is -1.45. The standard InChI is InChI=1S/C11H8BrF2N3O3/c1-2-20-11(19)9-8(15-17-16-9)4-3-5(12)10(18)7(14)6(4)13/h3,18H,2H2,1H3,(H,15,16,17). The Morgan fingerprint density at radius 3 is 2.80 bits per heavy atom. The summed E-state index contributed by atoms with van der Waals surface area (Å²) in [5.74, 6) is -4.48. The van der Waals surface area contributed by atoms with E-state index in [9.17, 15) is 18.7 Å². The van der Waals surface area contributed by atoms with E-state index in [0.29, 0.717) is 0 Å². The van der Waals surface area contributed by atoms with E-state index in [-0.39, 0.29) is 28.0 Å². The van der Waals surface area contributed by atoms with Crippen LogP contribution < -0.4 is 0 Å². The van der Waals surface area contributed by atoms with Gasteiger partial charge in [-0.05, 0) is 28.9 Å². The zero-order valence-electron chi connectivity index (χ0n) is 10.1. The van der Waals surface area contributed by atoms with E-state index in [0.717, 1.165) is 6.07 Å². The SMILES string of the molecule is CCOC(=O)c1n[nH]nc1-c1cc(Br)c(O)c(F)c1F. The zero-order valence-corrected chi connectivity index (χ0v) is 11.7. The van der Waals surface area contributed by atoms with E-state index in [2.05, 4.69) is 31.3 Å². The van der Waals surface area contributed by atoms with Crippen molar-refractivity contribution in [1.82, 2.24) is 15.4 Å². The molecule has 20 heavy (non-hydrogen) atoms. The van der Waals surface area contributed by atoms with Crippen molar-refractivity contribution in [3.8, 4) is 17.0 Å². The second kappa shape index (κ2) is 5.53. The smallest absolute Gasteiger partial charge is 0.361 e. The monoisotopic (exact) mass is 347 g/mol. The van der Waals surface area contributed by atoms with Gasteiger partial charge < -0.3 is 9.84 Å². The van der Waals surface area contributed by atoms with Crippen LogP contribution in [-0.2, 0) is 4.74 Å². The molecule has 1 heterocycles. The number of benzene rings is 1. The van der Waals surface area contributed by atoms with E-state index in [1.54, 1.807) is 6.92 Å². The first-order valence-electron chi connectivity index (χ1n) is 5.42. The van der Waals surface area contributed by atoms with E-state index in [1.807, 2.05) is 0 Å². The first-order chi connectivity index (χ1) is 9.47. The van der Waals surface area contributed by atoms with E-state index in [4.69, 9.17) is 4.74 Å². The van der Waals surface area contributed by atoms with Crippen molar-refractivity contribution in [2.24, 2.45) is 0 Å². The number of ether oxygens (including phenoxy) is 1. The summed E-state index contributed by atoms with van der Waals surface area (Å²) in [6, 6.07) is 1.09. The van der Waals surface area contributed by atoms with Crippen LogP contribution in [0.4, 0.5) is 8.78 Å². The molecule has 0 spiro atoms. The summed E-state index contributed by atoms with van der Waals surface area (Å²) in [5.41, 5.74) is -0.813. The van der Waals surface area contributed by atoms with Crippen molar-refractivity contribution >= 4 is 21.9 Å². The van der Waals surface area contributed by atoms with Gasteiger partial charge in [-0.3, -0.25) is 0 Å². The lowest BCUT2D eigenvalue weighted by Gasteiger charge is -2.06. The quantitative estimate of drug-likeness (QED) is 0.657. The van der Waals surface area contributed by atoms with Crippen LogP contribution in [0.5, 0.6) is 5.75 Å². The lowest BCUT2D eigenvalue weighted by Crippen LogP contribution is -2.07. The highest BCUT2D eigenvalue weighted by Crippen LogP contribution is 2.35. The number of rotatable bonds is 3. The molecule has 2 aromatic rings. The predicted molar refractivity (Wildman–Crippen MR) is 67.1 cm³/mol. The molecule has 106 valence electrons. The van der Waals surface area contributed by atoms with E-state index >= 15 is 0 Å². The van der Waals surface area contributed by atoms with Gasteiger partial charge >= 0.3 is 5.97 Å². The molecule has 0 aliphatic rings. The summed E-state index contributed by atoms with van der Waals surface area (Å²) in [4.78, 5) is 11.6. The van der Waals surface area contributed by atoms with Crippen molar-refractivity contribution in [3.05, 3.63) is 27.9 Å². The Labute approximate surface area is 119 Å². The molecule has 0 saturated heterocycles. The molecule has 0 unspecified atom stereocenters. The molecule has 6 nitrogen and oxygen atoms in total. The summed E-state index contributed by atoms with van der Waals surface area (Å²) in [6.45, 7) is 1.69. The first-order valence-corrected chi connectivity index (χ1v) is 6.21. The van der Waals surface area contributed by atoms with Crippen molar-refractivity contribution < 1.29 is 23.4 Å². The maximum atomic E-state index is 13.8. The fraction of sp³-hybridized carbons (Fsp3) is 0.182. The van der Waals surface area contributed by atoms with Crippen LogP contribution in [0.15, 0.2) is 10.5 Å². The number of aromatic nitrogens is 3. The van der Waals surface area contributed by atoms with Crippen LogP contribution in [0.2, 0.25) is 0 Å². The van der Waals surface area contributed by atoms with Crippen LogP contribution in [0.3, 0.4) is 0 Å². The van der Waals surface area contributed by atoms with Crippen LogP contribution in [-0.4, -0.2) is 33.1 Å². The Morgan fingerprint density at radius 2 is 2.15 bits per heavy atom. The first kappa shape index (κ1) is 14.4. The fourth-order valence-electron chi connectivity index (χ4n) is 1.52. The number of aromatic amines is 1. The average molecular weight is 348 g/mol. The van der Waals surface area contributed by atoms with Gasteiger partial charge in [0.1, 0.15) is 5.69 Å². The molecule has 0 radical (unpaired) electrons. The summed E-state index contributed by atoms with van der Waals surface area (Å²) in [7, 11) is 0. The maximum absolute atomic E-state index is 13.8. The lowest BCUT2D eigenvalue weighted by atomic mass is 10.1. The van der Waals surface area contributed by atoms with Gasteiger partial charge in [0, 0.05) is 5.56 Å². The second-order valence-corrected chi connectivity index (χ2v) is 4.48. The van der Waals surface area contributed by atoms with Gasteiger partial charge in [0.2, 0.25) is 5.82 Å². The number of nitrogens with one attached hydrogen (secondary N) is 1. The van der Waals surface area contributed by atoms with Crippen molar-refractivity contribution in [3.63, 3.8) is 0 Å². The minimum Gasteiger partial charge on any atom is -0.504 e. The average Bonchev–Trinajstić information content (AvgIpc) is 2.90. The van der Waals surface area contributed by atoms with Crippen LogP contribution in [0.25, 0.3) is 11.3 Å². The highest BCUT2D eigenvalue weighted by molar-refractivity contribution is 9.10. The number of halogens is 3. The number of carbonyl (C=O) groups is 1. The Kier molecular flexibility index (Phi) is 3.98. The molecule has 0 atom stereocenters. The molecule has 0 fully saturated rings. The van der Waals surface area contributed by atoms with Crippen molar-refractivity contribution in [2.45, 2.75) is 6.92 Å². The van der Waals surface area contributed by atoms with Gasteiger partial charge in [-0.15, -0.1) is 5.10 Å². The minimum absolute atomic E-state index is 0.0794. The molecule has 2 rings (SSSR count). The number of hydrogen-bond donors (Lipinski definition) is 2. The van der Waals surface area contributed by atoms with Gasteiger partial charge in [0.25, 0.3) is 0 Å².